The summed E-state index contributed by atoms with van der Waals surface area (Å²) >= 11 is 0. The molecule has 0 saturated heterocycles. The SMILES string of the molecule is Cc1ccc(-c2ccc3c4ccccc4n(-c4cc(-c5nc(C)cc(C)n5)cc(-n5c6ccccc6c6ccc(-c7ccc(C)cc7)cc65)c4C#N)c3c2)cc1. The van der Waals surface area contributed by atoms with Crippen LogP contribution < -0.4 is 0 Å². The molecular formula is C51H37N5. The van der Waals surface area contributed by atoms with Crippen molar-refractivity contribution in [3.05, 3.63) is 180 Å². The van der Waals surface area contributed by atoms with Gasteiger partial charge in [-0.25, -0.2) is 9.97 Å². The van der Waals surface area contributed by atoms with E-state index < -0.39 is 0 Å². The molecule has 0 aliphatic heterocycles. The Morgan fingerprint density at radius 1 is 0.411 bits per heavy atom. The largest absolute Gasteiger partial charge is 0.308 e. The van der Waals surface area contributed by atoms with E-state index in [1.807, 2.05) is 19.9 Å². The van der Waals surface area contributed by atoms with Crippen molar-refractivity contribution >= 4 is 43.6 Å². The molecule has 3 aromatic heterocycles. The highest BCUT2D eigenvalue weighted by Crippen LogP contribution is 2.41. The zero-order chi connectivity index (χ0) is 38.1. The minimum atomic E-state index is 0.560. The van der Waals surface area contributed by atoms with Gasteiger partial charge in [0, 0.05) is 38.5 Å². The average molecular weight is 720 g/mol. The molecule has 0 amide bonds. The summed E-state index contributed by atoms with van der Waals surface area (Å²) < 4.78 is 4.53. The summed E-state index contributed by atoms with van der Waals surface area (Å²) in [7, 11) is 0. The molecule has 3 heterocycles. The Balaban J connectivity index is 1.34. The highest BCUT2D eigenvalue weighted by Gasteiger charge is 2.24. The molecule has 7 aromatic carbocycles. The molecule has 56 heavy (non-hydrogen) atoms. The van der Waals surface area contributed by atoms with Crippen molar-refractivity contribution in [2.75, 3.05) is 0 Å². The third-order valence-corrected chi connectivity index (χ3v) is 11.0. The summed E-state index contributed by atoms with van der Waals surface area (Å²) in [6.45, 7) is 8.23. The average Bonchev–Trinajstić information content (AvgIpc) is 3.72. The van der Waals surface area contributed by atoms with Gasteiger partial charge in [0.1, 0.15) is 11.6 Å². The number of aryl methyl sites for hydroxylation is 4. The smallest absolute Gasteiger partial charge is 0.159 e. The van der Waals surface area contributed by atoms with Crippen LogP contribution in [0.1, 0.15) is 28.1 Å². The van der Waals surface area contributed by atoms with Crippen LogP contribution in [0.3, 0.4) is 0 Å². The number of nitriles is 1. The molecule has 266 valence electrons. The first-order valence-corrected chi connectivity index (χ1v) is 19.0. The van der Waals surface area contributed by atoms with Gasteiger partial charge in [-0.15, -0.1) is 0 Å². The second-order valence-corrected chi connectivity index (χ2v) is 14.9. The highest BCUT2D eigenvalue weighted by molar-refractivity contribution is 6.12. The topological polar surface area (TPSA) is 59.4 Å². The third kappa shape index (κ3) is 5.38. The van der Waals surface area contributed by atoms with E-state index in [1.165, 1.54) is 11.1 Å². The van der Waals surface area contributed by atoms with Crippen molar-refractivity contribution in [1.82, 2.24) is 19.1 Å². The fourth-order valence-electron chi connectivity index (χ4n) is 8.37. The number of para-hydroxylation sites is 2. The molecule has 0 aliphatic rings. The van der Waals surface area contributed by atoms with Gasteiger partial charge in [-0.2, -0.15) is 5.26 Å². The number of nitrogens with zero attached hydrogens (tertiary/aromatic N) is 5. The van der Waals surface area contributed by atoms with Gasteiger partial charge in [-0.3, -0.25) is 0 Å². The zero-order valence-electron chi connectivity index (χ0n) is 31.7. The Morgan fingerprint density at radius 2 is 0.821 bits per heavy atom. The van der Waals surface area contributed by atoms with E-state index in [2.05, 4.69) is 175 Å². The van der Waals surface area contributed by atoms with Gasteiger partial charge in [0.05, 0.1) is 33.4 Å². The van der Waals surface area contributed by atoms with Crippen LogP contribution in [-0.4, -0.2) is 19.1 Å². The second kappa shape index (κ2) is 12.9. The Labute approximate surface area is 325 Å². The number of hydrogen-bond acceptors (Lipinski definition) is 3. The molecule has 10 rings (SSSR count). The normalized spacial score (nSPS) is 11.6. The van der Waals surface area contributed by atoms with Crippen LogP contribution >= 0.6 is 0 Å². The van der Waals surface area contributed by atoms with Crippen LogP contribution in [0.5, 0.6) is 0 Å². The fourth-order valence-corrected chi connectivity index (χ4v) is 8.37. The first-order valence-electron chi connectivity index (χ1n) is 19.0. The molecule has 0 atom stereocenters. The van der Waals surface area contributed by atoms with Crippen LogP contribution in [0.2, 0.25) is 0 Å². The number of benzene rings is 7. The van der Waals surface area contributed by atoms with Crippen LogP contribution in [0.15, 0.2) is 152 Å². The molecule has 0 saturated carbocycles. The molecule has 10 aromatic rings. The Kier molecular flexibility index (Phi) is 7.69. The van der Waals surface area contributed by atoms with Gasteiger partial charge in [0.2, 0.25) is 0 Å². The minimum Gasteiger partial charge on any atom is -0.308 e. The summed E-state index contributed by atoms with van der Waals surface area (Å²) in [6, 6.07) is 56.5. The van der Waals surface area contributed by atoms with E-state index in [9.17, 15) is 5.26 Å². The van der Waals surface area contributed by atoms with Crippen molar-refractivity contribution in [2.45, 2.75) is 27.7 Å². The van der Waals surface area contributed by atoms with E-state index in [4.69, 9.17) is 9.97 Å². The minimum absolute atomic E-state index is 0.560. The molecule has 5 heteroatoms. The molecule has 0 aliphatic carbocycles. The van der Waals surface area contributed by atoms with Crippen LogP contribution in [-0.2, 0) is 0 Å². The summed E-state index contributed by atoms with van der Waals surface area (Å²) in [5, 5.41) is 15.9. The molecule has 0 N–H and O–H groups in total. The van der Waals surface area contributed by atoms with Crippen molar-refractivity contribution in [2.24, 2.45) is 0 Å². The predicted molar refractivity (Wildman–Crippen MR) is 231 cm³/mol. The lowest BCUT2D eigenvalue weighted by molar-refractivity contribution is 1.05. The summed E-state index contributed by atoms with van der Waals surface area (Å²) in [5.74, 6) is 0.622. The van der Waals surface area contributed by atoms with E-state index >= 15 is 0 Å². The Hall–Kier alpha value is -7.29. The quantitative estimate of drug-likeness (QED) is 0.178. The van der Waals surface area contributed by atoms with Crippen molar-refractivity contribution in [1.29, 1.82) is 5.26 Å². The molecule has 0 fully saturated rings. The summed E-state index contributed by atoms with van der Waals surface area (Å²) in [4.78, 5) is 9.93. The number of fused-ring (bicyclic) bond motifs is 6. The fraction of sp³-hybridized carbons (Fsp3) is 0.0784. The molecule has 0 unspecified atom stereocenters. The standard InChI is InChI=1S/C51H37N5/c1-31-13-17-35(18-14-31)37-21-23-42-40-9-5-7-11-45(40)55(47(42)26-37)49-28-39(51-53-33(3)25-34(4)54-51)29-50(44(49)30-52)56-46-12-8-6-10-41(46)43-24-22-38(27-48(43)56)36-19-15-32(2)16-20-36/h5-29H,1-4H3. The van der Waals surface area contributed by atoms with Gasteiger partial charge in [0.25, 0.3) is 0 Å². The molecular weight excluding hydrogens is 683 g/mol. The lowest BCUT2D eigenvalue weighted by Crippen LogP contribution is -2.06. The van der Waals surface area contributed by atoms with Crippen LogP contribution in [0, 0.1) is 39.0 Å². The lowest BCUT2D eigenvalue weighted by atomic mass is 10.0. The zero-order valence-corrected chi connectivity index (χ0v) is 31.7. The van der Waals surface area contributed by atoms with Gasteiger partial charge in [-0.1, -0.05) is 120 Å². The van der Waals surface area contributed by atoms with Crippen LogP contribution in [0.25, 0.3) is 88.6 Å². The maximum atomic E-state index is 11.4. The van der Waals surface area contributed by atoms with E-state index in [-0.39, 0.29) is 0 Å². The highest BCUT2D eigenvalue weighted by atomic mass is 15.0. The predicted octanol–water partition coefficient (Wildman–Crippen LogP) is 12.8. The number of hydrogen-bond donors (Lipinski definition) is 0. The lowest BCUT2D eigenvalue weighted by Gasteiger charge is -2.18. The monoisotopic (exact) mass is 719 g/mol. The Bertz CT molecular complexity index is 3020. The molecule has 0 bridgehead atoms. The van der Waals surface area contributed by atoms with E-state index in [0.29, 0.717) is 11.4 Å². The maximum absolute atomic E-state index is 11.4. The van der Waals surface area contributed by atoms with Crippen molar-refractivity contribution < 1.29 is 0 Å². The van der Waals surface area contributed by atoms with Crippen LogP contribution in [0.4, 0.5) is 0 Å². The Morgan fingerprint density at radius 3 is 1.27 bits per heavy atom. The van der Waals surface area contributed by atoms with Gasteiger partial charge in [0.15, 0.2) is 5.82 Å². The first-order chi connectivity index (χ1) is 27.3. The molecule has 0 spiro atoms. The number of aromatic nitrogens is 4. The van der Waals surface area contributed by atoms with Gasteiger partial charge < -0.3 is 9.13 Å². The van der Waals surface area contributed by atoms with Gasteiger partial charge >= 0.3 is 0 Å². The van der Waals surface area contributed by atoms with Gasteiger partial charge in [-0.05, 0) is 92.4 Å². The number of rotatable bonds is 5. The maximum Gasteiger partial charge on any atom is 0.159 e. The molecule has 0 radical (unpaired) electrons. The molecule has 5 nitrogen and oxygen atoms in total. The third-order valence-electron chi connectivity index (χ3n) is 11.0. The van der Waals surface area contributed by atoms with Crippen molar-refractivity contribution in [3.63, 3.8) is 0 Å². The van der Waals surface area contributed by atoms with Crippen molar-refractivity contribution in [3.8, 4) is 51.1 Å². The summed E-state index contributed by atoms with van der Waals surface area (Å²) in [5.41, 5.74) is 15.8. The van der Waals surface area contributed by atoms with E-state index in [1.54, 1.807) is 0 Å². The second-order valence-electron chi connectivity index (χ2n) is 14.9. The first kappa shape index (κ1) is 33.3. The van der Waals surface area contributed by atoms with E-state index in [0.717, 1.165) is 94.2 Å². The summed E-state index contributed by atoms with van der Waals surface area (Å²) in [6.07, 6.45) is 0.